The molecule has 0 N–H and O–H groups in total. The molecule has 3 aromatic carbocycles. The summed E-state index contributed by atoms with van der Waals surface area (Å²) in [6.07, 6.45) is 2.99. The van der Waals surface area contributed by atoms with Gasteiger partial charge in [0.2, 0.25) is 0 Å². The van der Waals surface area contributed by atoms with Crippen molar-refractivity contribution in [2.75, 3.05) is 6.54 Å². The van der Waals surface area contributed by atoms with E-state index in [1.807, 2.05) is 24.3 Å². The Labute approximate surface area is 219 Å². The van der Waals surface area contributed by atoms with Gasteiger partial charge in [0.25, 0.3) is 0 Å². The molecule has 0 unspecified atom stereocenters. The number of para-hydroxylation sites is 1. The van der Waals surface area contributed by atoms with E-state index in [1.165, 1.54) is 16.7 Å². The average Bonchev–Trinajstić information content (AvgIpc) is 3.37. The maximum atomic E-state index is 9.35. The summed E-state index contributed by atoms with van der Waals surface area (Å²) in [6, 6.07) is 27.7. The fourth-order valence-electron chi connectivity index (χ4n) is 4.68. The largest absolute Gasteiger partial charge is 0.459 e. The smallest absolute Gasteiger partial charge is 0.316 e. The topological polar surface area (TPSA) is 74.9 Å². The third-order valence-electron chi connectivity index (χ3n) is 6.62. The molecule has 3 heterocycles. The molecule has 0 spiro atoms. The quantitative estimate of drug-likeness (QED) is 0.273. The molecule has 2 aromatic heterocycles. The van der Waals surface area contributed by atoms with Gasteiger partial charge in [0.15, 0.2) is 0 Å². The Bertz CT molecular complexity index is 1560. The SMILES string of the molecule is N#CCc1nc(OCc2ccc(CN3CCc4ccccc4C3)cc2)ncc1-c1nc2ccccc2s1. The number of thiazole rings is 1. The summed E-state index contributed by atoms with van der Waals surface area (Å²) in [5.41, 5.74) is 7.58. The van der Waals surface area contributed by atoms with Gasteiger partial charge in [-0.15, -0.1) is 11.3 Å². The van der Waals surface area contributed by atoms with Gasteiger partial charge in [-0.2, -0.15) is 10.2 Å². The van der Waals surface area contributed by atoms with Crippen molar-refractivity contribution in [2.24, 2.45) is 0 Å². The van der Waals surface area contributed by atoms with Gasteiger partial charge in [-0.05, 0) is 40.8 Å². The summed E-state index contributed by atoms with van der Waals surface area (Å²) in [5.74, 6) is 0. The summed E-state index contributed by atoms with van der Waals surface area (Å²) in [4.78, 5) is 16.1. The third kappa shape index (κ3) is 5.21. The molecule has 1 aliphatic heterocycles. The first kappa shape index (κ1) is 23.3. The van der Waals surface area contributed by atoms with E-state index in [9.17, 15) is 5.26 Å². The lowest BCUT2D eigenvalue weighted by atomic mass is 9.99. The van der Waals surface area contributed by atoms with Crippen molar-refractivity contribution in [1.29, 1.82) is 5.26 Å². The normalized spacial score (nSPS) is 13.3. The van der Waals surface area contributed by atoms with Gasteiger partial charge in [0.05, 0.1) is 34.0 Å². The molecule has 0 radical (unpaired) electrons. The monoisotopic (exact) mass is 503 g/mol. The van der Waals surface area contributed by atoms with E-state index in [4.69, 9.17) is 9.72 Å². The second-order valence-electron chi connectivity index (χ2n) is 9.17. The highest BCUT2D eigenvalue weighted by Crippen LogP contribution is 2.32. The molecule has 7 heteroatoms. The molecular weight excluding hydrogens is 478 g/mol. The predicted octanol–water partition coefficient (Wildman–Crippen LogP) is 5.96. The summed E-state index contributed by atoms with van der Waals surface area (Å²) in [7, 11) is 0. The van der Waals surface area contributed by atoms with E-state index in [1.54, 1.807) is 17.5 Å². The molecular formula is C30H25N5OS. The summed E-state index contributed by atoms with van der Waals surface area (Å²) in [5, 5.41) is 10.2. The minimum Gasteiger partial charge on any atom is -0.459 e. The first-order valence-electron chi connectivity index (χ1n) is 12.3. The molecule has 0 fully saturated rings. The Balaban J connectivity index is 1.10. The lowest BCUT2D eigenvalue weighted by molar-refractivity contribution is 0.245. The van der Waals surface area contributed by atoms with Crippen molar-refractivity contribution in [2.45, 2.75) is 32.5 Å². The fraction of sp³-hybridized carbons (Fsp3) is 0.200. The maximum absolute atomic E-state index is 9.35. The van der Waals surface area contributed by atoms with Gasteiger partial charge in [0.1, 0.15) is 11.6 Å². The van der Waals surface area contributed by atoms with E-state index in [2.05, 4.69) is 69.5 Å². The second kappa shape index (κ2) is 10.5. The van der Waals surface area contributed by atoms with Crippen LogP contribution in [0.3, 0.4) is 0 Å². The highest BCUT2D eigenvalue weighted by Gasteiger charge is 2.16. The van der Waals surface area contributed by atoms with Gasteiger partial charge >= 0.3 is 6.01 Å². The van der Waals surface area contributed by atoms with E-state index < -0.39 is 0 Å². The zero-order chi connectivity index (χ0) is 25.0. The van der Waals surface area contributed by atoms with Crippen LogP contribution in [-0.4, -0.2) is 26.4 Å². The Kier molecular flexibility index (Phi) is 6.59. The van der Waals surface area contributed by atoms with E-state index >= 15 is 0 Å². The van der Waals surface area contributed by atoms with Crippen molar-refractivity contribution in [3.05, 3.63) is 107 Å². The van der Waals surface area contributed by atoms with Crippen LogP contribution < -0.4 is 4.74 Å². The number of hydrogen-bond acceptors (Lipinski definition) is 7. The van der Waals surface area contributed by atoms with Crippen LogP contribution in [-0.2, 0) is 32.5 Å². The number of fused-ring (bicyclic) bond motifs is 2. The molecule has 0 atom stereocenters. The third-order valence-corrected chi connectivity index (χ3v) is 7.69. The van der Waals surface area contributed by atoms with Crippen LogP contribution in [0.25, 0.3) is 20.8 Å². The molecule has 0 aliphatic carbocycles. The molecule has 0 bridgehead atoms. The highest BCUT2D eigenvalue weighted by atomic mass is 32.1. The lowest BCUT2D eigenvalue weighted by Gasteiger charge is -2.28. The molecule has 0 saturated heterocycles. The predicted molar refractivity (Wildman–Crippen MR) is 145 cm³/mol. The van der Waals surface area contributed by atoms with Crippen LogP contribution in [0.1, 0.15) is 27.9 Å². The van der Waals surface area contributed by atoms with Crippen molar-refractivity contribution in [3.8, 4) is 22.7 Å². The average molecular weight is 504 g/mol. The molecule has 37 heavy (non-hydrogen) atoms. The number of aromatic nitrogens is 3. The Hall–Kier alpha value is -4.12. The molecule has 6 rings (SSSR count). The van der Waals surface area contributed by atoms with Gasteiger partial charge in [-0.1, -0.05) is 60.7 Å². The summed E-state index contributed by atoms with van der Waals surface area (Å²) < 4.78 is 6.99. The van der Waals surface area contributed by atoms with Crippen molar-refractivity contribution in [1.82, 2.24) is 19.9 Å². The zero-order valence-electron chi connectivity index (χ0n) is 20.3. The number of benzene rings is 3. The molecule has 0 saturated carbocycles. The van der Waals surface area contributed by atoms with Crippen LogP contribution in [0.2, 0.25) is 0 Å². The van der Waals surface area contributed by atoms with E-state index in [0.29, 0.717) is 12.3 Å². The van der Waals surface area contributed by atoms with Crippen LogP contribution >= 0.6 is 11.3 Å². The standard InChI is InChI=1S/C30H25N5OS/c31-15-13-26-25(29-33-27-7-3-4-8-28(27)37-29)17-32-30(34-26)36-20-22-11-9-21(10-12-22)18-35-16-14-23-5-1-2-6-24(23)19-35/h1-12,17H,13-14,16,18-20H2. The first-order chi connectivity index (χ1) is 18.2. The van der Waals surface area contributed by atoms with Crippen LogP contribution in [0.5, 0.6) is 6.01 Å². The van der Waals surface area contributed by atoms with Crippen molar-refractivity contribution < 1.29 is 4.74 Å². The van der Waals surface area contributed by atoms with Gasteiger partial charge < -0.3 is 4.74 Å². The van der Waals surface area contributed by atoms with Crippen LogP contribution in [0.4, 0.5) is 0 Å². The lowest BCUT2D eigenvalue weighted by Crippen LogP contribution is -2.29. The van der Waals surface area contributed by atoms with Gasteiger partial charge in [-0.25, -0.2) is 9.97 Å². The number of ether oxygens (including phenoxy) is 1. The summed E-state index contributed by atoms with van der Waals surface area (Å²) in [6.45, 7) is 3.38. The molecule has 1 aliphatic rings. The molecule has 182 valence electrons. The van der Waals surface area contributed by atoms with E-state index in [-0.39, 0.29) is 12.4 Å². The number of nitrogens with zero attached hydrogens (tertiary/aromatic N) is 5. The van der Waals surface area contributed by atoms with Crippen LogP contribution in [0.15, 0.2) is 79.0 Å². The minimum absolute atomic E-state index is 0.166. The Morgan fingerprint density at radius 2 is 1.70 bits per heavy atom. The number of hydrogen-bond donors (Lipinski definition) is 0. The number of rotatable bonds is 7. The maximum Gasteiger partial charge on any atom is 0.316 e. The van der Waals surface area contributed by atoms with Gasteiger partial charge in [-0.3, -0.25) is 4.90 Å². The van der Waals surface area contributed by atoms with Crippen LogP contribution in [0, 0.1) is 11.3 Å². The van der Waals surface area contributed by atoms with E-state index in [0.717, 1.165) is 52.4 Å². The van der Waals surface area contributed by atoms with Crippen molar-refractivity contribution in [3.63, 3.8) is 0 Å². The molecule has 0 amide bonds. The van der Waals surface area contributed by atoms with Crippen molar-refractivity contribution >= 4 is 21.6 Å². The Morgan fingerprint density at radius 1 is 0.919 bits per heavy atom. The fourth-order valence-corrected chi connectivity index (χ4v) is 5.68. The second-order valence-corrected chi connectivity index (χ2v) is 10.2. The Morgan fingerprint density at radius 3 is 2.54 bits per heavy atom. The summed E-state index contributed by atoms with van der Waals surface area (Å²) >= 11 is 1.57. The minimum atomic E-state index is 0.166. The number of nitriles is 1. The zero-order valence-corrected chi connectivity index (χ0v) is 21.1. The molecule has 5 aromatic rings. The first-order valence-corrected chi connectivity index (χ1v) is 13.2. The highest BCUT2D eigenvalue weighted by molar-refractivity contribution is 7.21. The molecule has 6 nitrogen and oxygen atoms in total. The van der Waals surface area contributed by atoms with Gasteiger partial charge in [0, 0.05) is 25.8 Å².